The molecule has 4 nitrogen and oxygen atoms in total. The molecular formula is C16H20FN3O. The van der Waals surface area contributed by atoms with Gasteiger partial charge in [0.25, 0.3) is 0 Å². The average molecular weight is 289 g/mol. The smallest absolute Gasteiger partial charge is 0.227 e. The molecular weight excluding hydrogens is 269 g/mol. The number of benzene rings is 1. The maximum absolute atomic E-state index is 13.2. The van der Waals surface area contributed by atoms with Crippen LogP contribution in [0.25, 0.3) is 0 Å². The van der Waals surface area contributed by atoms with Gasteiger partial charge in [-0.2, -0.15) is 4.98 Å². The second-order valence-electron chi connectivity index (χ2n) is 4.81. The molecule has 0 bridgehead atoms. The molecule has 0 unspecified atom stereocenters. The zero-order chi connectivity index (χ0) is 15.4. The van der Waals surface area contributed by atoms with Crippen molar-refractivity contribution in [1.82, 2.24) is 9.97 Å². The Labute approximate surface area is 124 Å². The van der Waals surface area contributed by atoms with Crippen LogP contribution in [0, 0.1) is 19.7 Å². The largest absolute Gasteiger partial charge is 0.438 e. The van der Waals surface area contributed by atoms with Crippen LogP contribution in [0.3, 0.4) is 0 Å². The molecule has 0 amide bonds. The second kappa shape index (κ2) is 6.52. The van der Waals surface area contributed by atoms with Crippen LogP contribution in [0.4, 0.5) is 10.2 Å². The third kappa shape index (κ3) is 3.48. The highest BCUT2D eigenvalue weighted by Crippen LogP contribution is 2.29. The Kier molecular flexibility index (Phi) is 4.73. The third-order valence-electron chi connectivity index (χ3n) is 3.15. The number of rotatable bonds is 5. The summed E-state index contributed by atoms with van der Waals surface area (Å²) < 4.78 is 19.0. The Bertz CT molecular complexity index is 644. The second-order valence-corrected chi connectivity index (χ2v) is 4.81. The first kappa shape index (κ1) is 15.2. The number of aryl methyl sites for hydroxylation is 2. The van der Waals surface area contributed by atoms with Crippen molar-refractivity contribution in [2.75, 3.05) is 11.9 Å². The zero-order valence-corrected chi connectivity index (χ0v) is 12.8. The fraction of sp³-hybridized carbons (Fsp3) is 0.375. The van der Waals surface area contributed by atoms with E-state index in [1.807, 2.05) is 20.8 Å². The summed E-state index contributed by atoms with van der Waals surface area (Å²) in [5, 5.41) is 3.21. The lowest BCUT2D eigenvalue weighted by Crippen LogP contribution is -2.07. The van der Waals surface area contributed by atoms with Gasteiger partial charge in [-0.1, -0.05) is 6.92 Å². The minimum absolute atomic E-state index is 0.276. The lowest BCUT2D eigenvalue weighted by atomic mass is 10.2. The van der Waals surface area contributed by atoms with Crippen LogP contribution in [-0.4, -0.2) is 16.5 Å². The van der Waals surface area contributed by atoms with Gasteiger partial charge >= 0.3 is 0 Å². The van der Waals surface area contributed by atoms with Crippen molar-refractivity contribution in [3.8, 4) is 11.6 Å². The molecule has 0 atom stereocenters. The number of ether oxygens (including phenoxy) is 1. The fourth-order valence-electron chi connectivity index (χ4n) is 1.97. The molecule has 2 rings (SSSR count). The maximum atomic E-state index is 13.2. The highest BCUT2D eigenvalue weighted by molar-refractivity contribution is 5.50. The summed E-state index contributed by atoms with van der Waals surface area (Å²) in [5.74, 6) is 2.32. The molecule has 0 aliphatic rings. The minimum Gasteiger partial charge on any atom is -0.438 e. The first-order valence-corrected chi connectivity index (χ1v) is 7.10. The highest BCUT2D eigenvalue weighted by atomic mass is 19.1. The van der Waals surface area contributed by atoms with E-state index in [4.69, 9.17) is 4.74 Å². The Balaban J connectivity index is 2.40. The van der Waals surface area contributed by atoms with Gasteiger partial charge in [0.15, 0.2) is 0 Å². The molecule has 1 aromatic carbocycles. The Hall–Kier alpha value is -2.17. The van der Waals surface area contributed by atoms with Crippen molar-refractivity contribution in [1.29, 1.82) is 0 Å². The van der Waals surface area contributed by atoms with E-state index < -0.39 is 0 Å². The van der Waals surface area contributed by atoms with Gasteiger partial charge in [0.1, 0.15) is 23.2 Å². The Morgan fingerprint density at radius 2 is 1.95 bits per heavy atom. The van der Waals surface area contributed by atoms with E-state index in [1.165, 1.54) is 12.1 Å². The molecule has 0 radical (unpaired) electrons. The molecule has 0 spiro atoms. The first-order valence-electron chi connectivity index (χ1n) is 7.10. The number of hydrogen-bond donors (Lipinski definition) is 1. The van der Waals surface area contributed by atoms with E-state index in [0.717, 1.165) is 29.9 Å². The summed E-state index contributed by atoms with van der Waals surface area (Å²) in [6.07, 6.45) is 0.720. The zero-order valence-electron chi connectivity index (χ0n) is 12.8. The molecule has 112 valence electrons. The molecule has 0 fully saturated rings. The van der Waals surface area contributed by atoms with E-state index in [-0.39, 0.29) is 5.82 Å². The van der Waals surface area contributed by atoms with Crippen LogP contribution in [0.1, 0.15) is 30.8 Å². The lowest BCUT2D eigenvalue weighted by Gasteiger charge is -2.14. The average Bonchev–Trinajstić information content (AvgIpc) is 2.46. The number of nitrogens with one attached hydrogen (secondary N) is 1. The topological polar surface area (TPSA) is 47.0 Å². The van der Waals surface area contributed by atoms with Crippen LogP contribution in [0.5, 0.6) is 11.6 Å². The molecule has 2 aromatic rings. The summed E-state index contributed by atoms with van der Waals surface area (Å²) in [7, 11) is 0. The highest BCUT2D eigenvalue weighted by Gasteiger charge is 2.13. The Morgan fingerprint density at radius 3 is 2.57 bits per heavy atom. The number of halogens is 1. The number of nitrogens with zero attached hydrogens (tertiary/aromatic N) is 2. The minimum atomic E-state index is -0.276. The van der Waals surface area contributed by atoms with Gasteiger partial charge in [-0.15, -0.1) is 0 Å². The lowest BCUT2D eigenvalue weighted by molar-refractivity contribution is 0.450. The van der Waals surface area contributed by atoms with E-state index in [1.54, 1.807) is 13.0 Å². The maximum Gasteiger partial charge on any atom is 0.227 e. The molecule has 1 heterocycles. The van der Waals surface area contributed by atoms with Crippen molar-refractivity contribution in [3.63, 3.8) is 0 Å². The van der Waals surface area contributed by atoms with Crippen molar-refractivity contribution < 1.29 is 9.13 Å². The van der Waals surface area contributed by atoms with E-state index in [2.05, 4.69) is 15.3 Å². The van der Waals surface area contributed by atoms with E-state index in [0.29, 0.717) is 17.5 Å². The quantitative estimate of drug-likeness (QED) is 0.903. The van der Waals surface area contributed by atoms with E-state index >= 15 is 0 Å². The number of anilines is 1. The molecule has 0 saturated heterocycles. The summed E-state index contributed by atoms with van der Waals surface area (Å²) in [6, 6.07) is 4.44. The van der Waals surface area contributed by atoms with E-state index in [9.17, 15) is 4.39 Å². The molecule has 5 heteroatoms. The van der Waals surface area contributed by atoms with Crippen molar-refractivity contribution >= 4 is 5.82 Å². The van der Waals surface area contributed by atoms with Gasteiger partial charge in [-0.25, -0.2) is 9.37 Å². The number of aromatic nitrogens is 2. The third-order valence-corrected chi connectivity index (χ3v) is 3.15. The summed E-state index contributed by atoms with van der Waals surface area (Å²) >= 11 is 0. The first-order chi connectivity index (χ1) is 10.0. The van der Waals surface area contributed by atoms with Crippen LogP contribution < -0.4 is 10.1 Å². The van der Waals surface area contributed by atoms with Gasteiger partial charge in [0, 0.05) is 13.0 Å². The fourth-order valence-corrected chi connectivity index (χ4v) is 1.97. The van der Waals surface area contributed by atoms with Gasteiger partial charge in [-0.05, 0) is 44.5 Å². The predicted octanol–water partition coefficient (Wildman–Crippen LogP) is 4.02. The van der Waals surface area contributed by atoms with Crippen LogP contribution >= 0.6 is 0 Å². The normalized spacial score (nSPS) is 10.5. The van der Waals surface area contributed by atoms with Crippen molar-refractivity contribution in [3.05, 3.63) is 41.0 Å². The standard InChI is InChI=1S/C16H20FN3O/c1-5-14-19-15(18-6-2)11(4)16(20-14)21-13-8-7-12(17)9-10(13)3/h7-9H,5-6H2,1-4H3,(H,18,19,20). The molecule has 0 saturated carbocycles. The molecule has 0 aliphatic carbocycles. The van der Waals surface area contributed by atoms with Crippen LogP contribution in [-0.2, 0) is 6.42 Å². The summed E-state index contributed by atoms with van der Waals surface area (Å²) in [5.41, 5.74) is 1.58. The van der Waals surface area contributed by atoms with Crippen molar-refractivity contribution in [2.45, 2.75) is 34.1 Å². The molecule has 1 aromatic heterocycles. The monoisotopic (exact) mass is 289 g/mol. The van der Waals surface area contributed by atoms with Gasteiger partial charge < -0.3 is 10.1 Å². The molecule has 1 N–H and O–H groups in total. The summed E-state index contributed by atoms with van der Waals surface area (Å²) in [4.78, 5) is 8.88. The SMILES string of the molecule is CCNc1nc(CC)nc(Oc2ccc(F)cc2C)c1C. The van der Waals surface area contributed by atoms with Crippen LogP contribution in [0.2, 0.25) is 0 Å². The molecule has 0 aliphatic heterocycles. The van der Waals surface area contributed by atoms with Gasteiger partial charge in [0.05, 0.1) is 5.56 Å². The summed E-state index contributed by atoms with van der Waals surface area (Å²) in [6.45, 7) is 8.49. The van der Waals surface area contributed by atoms with Gasteiger partial charge in [0.2, 0.25) is 5.88 Å². The number of hydrogen-bond acceptors (Lipinski definition) is 4. The molecule has 21 heavy (non-hydrogen) atoms. The Morgan fingerprint density at radius 1 is 1.19 bits per heavy atom. The van der Waals surface area contributed by atoms with Gasteiger partial charge in [-0.3, -0.25) is 0 Å². The van der Waals surface area contributed by atoms with Crippen LogP contribution in [0.15, 0.2) is 18.2 Å². The van der Waals surface area contributed by atoms with Crippen molar-refractivity contribution in [2.24, 2.45) is 0 Å². The predicted molar refractivity (Wildman–Crippen MR) is 81.5 cm³/mol.